The molecule has 1 aromatic heterocycles. The molecule has 7 rings (SSSR count). The maximum atomic E-state index is 15.1. The van der Waals surface area contributed by atoms with Crippen molar-refractivity contribution in [2.75, 3.05) is 70.2 Å². The lowest BCUT2D eigenvalue weighted by molar-refractivity contribution is 0.0370. The van der Waals surface area contributed by atoms with Gasteiger partial charge in [0.1, 0.15) is 17.2 Å². The molecule has 0 saturated carbocycles. The van der Waals surface area contributed by atoms with Gasteiger partial charge in [-0.2, -0.15) is 8.42 Å². The number of morpholine rings is 1. The average Bonchev–Trinajstić information content (AvgIpc) is 3.48. The molecule has 2 aliphatic rings. The number of phenolic OH excluding ortho intramolecular Hbond substituents is 1. The number of rotatable bonds is 12. The molecule has 5 aromatic rings. The Bertz CT molecular complexity index is 2140. The van der Waals surface area contributed by atoms with Crippen LogP contribution in [-0.2, 0) is 21.4 Å². The van der Waals surface area contributed by atoms with Gasteiger partial charge in [0.2, 0.25) is 0 Å². The summed E-state index contributed by atoms with van der Waals surface area (Å²) >= 11 is 6.56. The highest BCUT2D eigenvalue weighted by Gasteiger charge is 2.34. The first-order valence-electron chi connectivity index (χ1n) is 18.1. The van der Waals surface area contributed by atoms with Gasteiger partial charge >= 0.3 is 10.1 Å². The Morgan fingerprint density at radius 3 is 2.11 bits per heavy atom. The van der Waals surface area contributed by atoms with Crippen molar-refractivity contribution in [2.24, 2.45) is 0 Å². The summed E-state index contributed by atoms with van der Waals surface area (Å²) in [6.07, 6.45) is 2.88. The third-order valence-corrected chi connectivity index (χ3v) is 11.0. The molecule has 3 heterocycles. The lowest BCUT2D eigenvalue weighted by Gasteiger charge is -2.37. The minimum absolute atomic E-state index is 0.0380. The highest BCUT2D eigenvalue weighted by atomic mass is 35.5. The topological polar surface area (TPSA) is 105 Å². The van der Waals surface area contributed by atoms with E-state index in [1.165, 1.54) is 0 Å². The van der Waals surface area contributed by atoms with Gasteiger partial charge in [0.15, 0.2) is 0 Å². The van der Waals surface area contributed by atoms with Crippen molar-refractivity contribution >= 4 is 44.2 Å². The summed E-state index contributed by atoms with van der Waals surface area (Å²) in [4.78, 5) is 21.8. The predicted octanol–water partition coefficient (Wildman–Crippen LogP) is 6.59. The fourth-order valence-corrected chi connectivity index (χ4v) is 8.32. The zero-order chi connectivity index (χ0) is 37.0. The Labute approximate surface area is 316 Å². The maximum absolute atomic E-state index is 15.1. The van der Waals surface area contributed by atoms with Crippen LogP contribution in [0.4, 0.5) is 5.69 Å². The monoisotopic (exact) mass is 756 g/mol. The number of halogens is 1. The Kier molecular flexibility index (Phi) is 11.3. The number of amides is 1. The number of aromatic nitrogens is 1. The smallest absolute Gasteiger partial charge is 0.306 e. The van der Waals surface area contributed by atoms with Crippen molar-refractivity contribution < 1.29 is 27.2 Å². The number of carbonyl (C=O) groups excluding carboxylic acids is 1. The molecule has 278 valence electrons. The summed E-state index contributed by atoms with van der Waals surface area (Å²) in [5.41, 5.74) is 5.18. The number of piperazine rings is 1. The second-order valence-electron chi connectivity index (χ2n) is 13.7. The molecule has 12 heteroatoms. The molecule has 4 aromatic carbocycles. The molecule has 1 unspecified atom stereocenters. The number of fused-ring (bicyclic) bond motifs is 1. The second kappa shape index (κ2) is 16.2. The summed E-state index contributed by atoms with van der Waals surface area (Å²) in [5, 5.41) is 11.9. The largest absolute Gasteiger partial charge is 0.508 e. The molecule has 2 aliphatic heterocycles. The Morgan fingerprint density at radius 1 is 0.811 bits per heavy atom. The van der Waals surface area contributed by atoms with Crippen molar-refractivity contribution in [1.82, 2.24) is 14.4 Å². The lowest BCUT2D eigenvalue weighted by Crippen LogP contribution is -2.49. The van der Waals surface area contributed by atoms with Crippen LogP contribution in [0.2, 0.25) is 5.02 Å². The molecule has 53 heavy (non-hydrogen) atoms. The number of hydrogen-bond acceptors (Lipinski definition) is 8. The van der Waals surface area contributed by atoms with Crippen LogP contribution in [0, 0.1) is 0 Å². The van der Waals surface area contributed by atoms with E-state index >= 15 is 4.79 Å². The minimum Gasteiger partial charge on any atom is -0.508 e. The van der Waals surface area contributed by atoms with E-state index in [1.807, 2.05) is 65.6 Å². The zero-order valence-corrected chi connectivity index (χ0v) is 31.4. The lowest BCUT2D eigenvalue weighted by atomic mass is 9.83. The Hall–Kier alpha value is -4.55. The first-order valence-corrected chi connectivity index (χ1v) is 20.3. The molecule has 0 radical (unpaired) electrons. The number of aromatic hydroxyl groups is 1. The van der Waals surface area contributed by atoms with Gasteiger partial charge in [-0.05, 0) is 73.0 Å². The minimum atomic E-state index is -3.72. The van der Waals surface area contributed by atoms with Gasteiger partial charge in [-0.3, -0.25) is 9.69 Å². The van der Waals surface area contributed by atoms with Gasteiger partial charge in [-0.15, -0.1) is 0 Å². The highest BCUT2D eigenvalue weighted by molar-refractivity contribution is 7.86. The van der Waals surface area contributed by atoms with Crippen LogP contribution in [-0.4, -0.2) is 99.1 Å². The van der Waals surface area contributed by atoms with Gasteiger partial charge in [0.05, 0.1) is 30.2 Å². The molecule has 1 atom stereocenters. The number of aryl methyl sites for hydroxylation is 1. The van der Waals surface area contributed by atoms with Gasteiger partial charge < -0.3 is 28.4 Å². The first kappa shape index (κ1) is 36.8. The quantitative estimate of drug-likeness (QED) is 0.112. The van der Waals surface area contributed by atoms with Crippen molar-refractivity contribution in [3.63, 3.8) is 0 Å². The number of carbonyl (C=O) groups is 1. The summed E-state index contributed by atoms with van der Waals surface area (Å²) in [6.45, 7) is 7.37. The molecule has 1 amide bonds. The van der Waals surface area contributed by atoms with E-state index in [9.17, 15) is 13.5 Å². The molecule has 0 spiro atoms. The maximum Gasteiger partial charge on any atom is 0.306 e. The number of nitrogens with zero attached hydrogens (tertiary/aromatic N) is 4. The molecule has 1 N–H and O–H groups in total. The summed E-state index contributed by atoms with van der Waals surface area (Å²) in [7, 11) is -3.72. The standard InChI is InChI=1S/C41H45ClN4O6S/c1-53(49,50)52-33-18-14-31(15-19-33)38(30-12-16-32(47)17-13-30)39-34-8-2-4-10-36(34)46(21-7-6-20-43-26-28-51-29-27-43)40(39)41(48)45-24-22-44(23-25-45)37-11-5-3-9-35(37)42/h2-5,8-19,38,47H,6-7,20-29H2,1H3. The Morgan fingerprint density at radius 2 is 1.43 bits per heavy atom. The summed E-state index contributed by atoms with van der Waals surface area (Å²) in [6, 6.07) is 30.0. The van der Waals surface area contributed by atoms with Crippen LogP contribution in [0.1, 0.15) is 45.9 Å². The van der Waals surface area contributed by atoms with Crippen molar-refractivity contribution in [3.8, 4) is 11.5 Å². The van der Waals surface area contributed by atoms with Crippen LogP contribution in [0.5, 0.6) is 11.5 Å². The van der Waals surface area contributed by atoms with E-state index in [0.717, 1.165) is 85.2 Å². The van der Waals surface area contributed by atoms with E-state index in [-0.39, 0.29) is 17.4 Å². The van der Waals surface area contributed by atoms with Crippen molar-refractivity contribution in [1.29, 1.82) is 0 Å². The van der Waals surface area contributed by atoms with Crippen LogP contribution >= 0.6 is 11.6 Å². The Balaban J connectivity index is 1.31. The fourth-order valence-electron chi connectivity index (χ4n) is 7.61. The number of anilines is 1. The number of phenols is 1. The SMILES string of the molecule is CS(=O)(=O)Oc1ccc(C(c2ccc(O)cc2)c2c(C(=O)N3CCN(c4ccccc4Cl)CC3)n(CCCCN3CCOCC3)c3ccccc23)cc1. The molecule has 2 saturated heterocycles. The number of benzene rings is 4. The summed E-state index contributed by atoms with van der Waals surface area (Å²) < 4.78 is 36.8. The van der Waals surface area contributed by atoms with E-state index in [1.54, 1.807) is 24.3 Å². The zero-order valence-electron chi connectivity index (χ0n) is 29.9. The van der Waals surface area contributed by atoms with Gasteiger partial charge in [0, 0.05) is 68.2 Å². The van der Waals surface area contributed by atoms with Gasteiger partial charge in [-0.25, -0.2) is 0 Å². The van der Waals surface area contributed by atoms with Crippen LogP contribution in [0.15, 0.2) is 97.1 Å². The summed E-state index contributed by atoms with van der Waals surface area (Å²) in [5.74, 6) is -0.120. The number of ether oxygens (including phenoxy) is 1. The number of para-hydroxylation sites is 2. The predicted molar refractivity (Wildman–Crippen MR) is 209 cm³/mol. The van der Waals surface area contributed by atoms with Crippen molar-refractivity contribution in [3.05, 3.63) is 124 Å². The third-order valence-electron chi connectivity index (χ3n) is 10.2. The third kappa shape index (κ3) is 8.49. The van der Waals surface area contributed by atoms with Crippen LogP contribution in [0.25, 0.3) is 10.9 Å². The molecule has 0 aliphatic carbocycles. The molecule has 0 bridgehead atoms. The van der Waals surface area contributed by atoms with Gasteiger partial charge in [-0.1, -0.05) is 66.2 Å². The van der Waals surface area contributed by atoms with E-state index in [0.29, 0.717) is 43.4 Å². The normalized spacial score (nSPS) is 16.2. The first-order chi connectivity index (χ1) is 25.7. The van der Waals surface area contributed by atoms with E-state index in [2.05, 4.69) is 26.5 Å². The molecular formula is C41H45ClN4O6S. The van der Waals surface area contributed by atoms with E-state index < -0.39 is 16.0 Å². The second-order valence-corrected chi connectivity index (χ2v) is 15.7. The molecular weight excluding hydrogens is 712 g/mol. The van der Waals surface area contributed by atoms with Crippen LogP contribution in [0.3, 0.4) is 0 Å². The van der Waals surface area contributed by atoms with Crippen LogP contribution < -0.4 is 9.08 Å². The number of hydrogen-bond donors (Lipinski definition) is 1. The number of unbranched alkanes of at least 4 members (excludes halogenated alkanes) is 1. The highest BCUT2D eigenvalue weighted by Crippen LogP contribution is 2.42. The fraction of sp³-hybridized carbons (Fsp3) is 0.341. The average molecular weight is 757 g/mol. The molecule has 10 nitrogen and oxygen atoms in total. The van der Waals surface area contributed by atoms with E-state index in [4.69, 9.17) is 20.5 Å². The van der Waals surface area contributed by atoms with Crippen molar-refractivity contribution in [2.45, 2.75) is 25.3 Å². The molecule has 2 fully saturated rings. The van der Waals surface area contributed by atoms with Gasteiger partial charge in [0.25, 0.3) is 5.91 Å².